The highest BCUT2D eigenvalue weighted by atomic mass is 16.5. The fraction of sp³-hybridized carbons (Fsp3) is 1.00. The Morgan fingerprint density at radius 3 is 2.45 bits per heavy atom. The Morgan fingerprint density at radius 2 is 1.70 bits per heavy atom. The maximum Gasteiger partial charge on any atom is 0.0685 e. The van der Waals surface area contributed by atoms with E-state index in [0.29, 0.717) is 11.8 Å². The molecule has 1 aliphatic heterocycles. The number of nitrogens with two attached hydrogens (primary N) is 1. The van der Waals surface area contributed by atoms with Crippen LogP contribution in [0.15, 0.2) is 0 Å². The summed E-state index contributed by atoms with van der Waals surface area (Å²) in [5, 5.41) is 0. The molecular weight excluding hydrogens is 246 g/mol. The van der Waals surface area contributed by atoms with Crippen molar-refractivity contribution in [1.29, 1.82) is 0 Å². The molecule has 3 fully saturated rings. The summed E-state index contributed by atoms with van der Waals surface area (Å²) in [6.45, 7) is 5.76. The predicted molar refractivity (Wildman–Crippen MR) is 83.6 cm³/mol. The summed E-state index contributed by atoms with van der Waals surface area (Å²) in [6, 6.07) is 0. The molecule has 1 heterocycles. The summed E-state index contributed by atoms with van der Waals surface area (Å²) in [6.07, 6.45) is 13.0. The molecule has 3 aliphatic rings. The van der Waals surface area contributed by atoms with Crippen molar-refractivity contribution < 1.29 is 4.74 Å². The molecule has 3 rings (SSSR count). The highest BCUT2D eigenvalue weighted by molar-refractivity contribution is 5.04. The van der Waals surface area contributed by atoms with Crippen molar-refractivity contribution in [2.75, 3.05) is 6.61 Å². The van der Waals surface area contributed by atoms with Crippen LogP contribution in [0.25, 0.3) is 0 Å². The average molecular weight is 279 g/mol. The van der Waals surface area contributed by atoms with Crippen LogP contribution >= 0.6 is 0 Å². The topological polar surface area (TPSA) is 35.2 Å². The van der Waals surface area contributed by atoms with Crippen LogP contribution < -0.4 is 5.73 Å². The largest absolute Gasteiger partial charge is 0.375 e. The van der Waals surface area contributed by atoms with E-state index < -0.39 is 0 Å². The first-order chi connectivity index (χ1) is 9.56. The summed E-state index contributed by atoms with van der Waals surface area (Å²) in [5.41, 5.74) is 7.28. The van der Waals surface area contributed by atoms with Gasteiger partial charge < -0.3 is 10.5 Å². The lowest BCUT2D eigenvalue weighted by molar-refractivity contribution is -0.135. The second-order valence-corrected chi connectivity index (χ2v) is 8.05. The quantitative estimate of drug-likeness (QED) is 0.778. The smallest absolute Gasteiger partial charge is 0.0685 e. The van der Waals surface area contributed by atoms with Gasteiger partial charge in [-0.1, -0.05) is 46.0 Å². The fourth-order valence-electron chi connectivity index (χ4n) is 5.34. The van der Waals surface area contributed by atoms with E-state index in [-0.39, 0.29) is 11.1 Å². The maximum atomic E-state index is 7.00. The number of rotatable bonds is 1. The van der Waals surface area contributed by atoms with Gasteiger partial charge in [-0.15, -0.1) is 0 Å². The Balaban J connectivity index is 1.75. The van der Waals surface area contributed by atoms with Crippen molar-refractivity contribution >= 4 is 0 Å². The van der Waals surface area contributed by atoms with Gasteiger partial charge in [0.25, 0.3) is 0 Å². The van der Waals surface area contributed by atoms with E-state index >= 15 is 0 Å². The lowest BCUT2D eigenvalue weighted by Gasteiger charge is -2.53. The summed E-state index contributed by atoms with van der Waals surface area (Å²) >= 11 is 0. The van der Waals surface area contributed by atoms with Gasteiger partial charge in [-0.05, 0) is 49.9 Å². The van der Waals surface area contributed by atoms with Crippen LogP contribution in [0.1, 0.15) is 78.1 Å². The van der Waals surface area contributed by atoms with Crippen molar-refractivity contribution in [3.05, 3.63) is 0 Å². The van der Waals surface area contributed by atoms with Gasteiger partial charge in [0.1, 0.15) is 0 Å². The molecule has 2 aliphatic carbocycles. The summed E-state index contributed by atoms with van der Waals surface area (Å²) in [5.74, 6) is 2.14. The lowest BCUT2D eigenvalue weighted by atomic mass is 9.59. The zero-order valence-electron chi connectivity index (χ0n) is 13.5. The minimum absolute atomic E-state index is 0.0753. The zero-order chi connectivity index (χ0) is 14.2. The van der Waals surface area contributed by atoms with Crippen LogP contribution in [0.5, 0.6) is 0 Å². The molecule has 2 saturated carbocycles. The molecule has 116 valence electrons. The van der Waals surface area contributed by atoms with E-state index in [4.69, 9.17) is 10.5 Å². The van der Waals surface area contributed by atoms with Gasteiger partial charge in [0.15, 0.2) is 0 Å². The fourth-order valence-corrected chi connectivity index (χ4v) is 5.34. The number of hydrogen-bond donors (Lipinski definition) is 1. The highest BCUT2D eigenvalue weighted by Crippen LogP contribution is 2.49. The van der Waals surface area contributed by atoms with Gasteiger partial charge in [0, 0.05) is 12.1 Å². The lowest BCUT2D eigenvalue weighted by Crippen LogP contribution is -2.59. The van der Waals surface area contributed by atoms with Crippen LogP contribution in [0.3, 0.4) is 0 Å². The first kappa shape index (κ1) is 14.8. The normalized spacial score (nSPS) is 45.5. The predicted octanol–water partition coefficient (Wildman–Crippen LogP) is 4.27. The summed E-state index contributed by atoms with van der Waals surface area (Å²) < 4.78 is 6.28. The molecule has 2 heteroatoms. The Bertz CT molecular complexity index is 331. The second-order valence-electron chi connectivity index (χ2n) is 8.05. The molecule has 0 aromatic heterocycles. The van der Waals surface area contributed by atoms with Crippen LogP contribution in [-0.4, -0.2) is 17.7 Å². The first-order valence-corrected chi connectivity index (χ1v) is 8.99. The van der Waals surface area contributed by atoms with Crippen LogP contribution in [0, 0.1) is 17.8 Å². The van der Waals surface area contributed by atoms with E-state index in [2.05, 4.69) is 13.8 Å². The van der Waals surface area contributed by atoms with Crippen LogP contribution in [0.2, 0.25) is 0 Å². The van der Waals surface area contributed by atoms with Crippen LogP contribution in [-0.2, 0) is 4.74 Å². The maximum absolute atomic E-state index is 7.00. The third kappa shape index (κ3) is 2.54. The van der Waals surface area contributed by atoms with Crippen molar-refractivity contribution in [1.82, 2.24) is 0 Å². The molecule has 4 atom stereocenters. The van der Waals surface area contributed by atoms with Crippen molar-refractivity contribution in [3.8, 4) is 0 Å². The molecule has 0 bridgehead atoms. The van der Waals surface area contributed by atoms with Gasteiger partial charge in [0.2, 0.25) is 0 Å². The second kappa shape index (κ2) is 5.61. The molecule has 2 nitrogen and oxygen atoms in total. The van der Waals surface area contributed by atoms with Crippen molar-refractivity contribution in [2.24, 2.45) is 23.5 Å². The third-order valence-corrected chi connectivity index (χ3v) is 6.99. The monoisotopic (exact) mass is 279 g/mol. The minimum Gasteiger partial charge on any atom is -0.375 e. The molecular formula is C18H33NO. The van der Waals surface area contributed by atoms with E-state index in [9.17, 15) is 0 Å². The van der Waals surface area contributed by atoms with Gasteiger partial charge in [-0.2, -0.15) is 0 Å². The summed E-state index contributed by atoms with van der Waals surface area (Å²) in [7, 11) is 0. The molecule has 20 heavy (non-hydrogen) atoms. The molecule has 1 saturated heterocycles. The Kier molecular flexibility index (Phi) is 4.16. The van der Waals surface area contributed by atoms with Crippen LogP contribution in [0.4, 0.5) is 0 Å². The van der Waals surface area contributed by atoms with E-state index in [1.165, 1.54) is 64.2 Å². The first-order valence-electron chi connectivity index (χ1n) is 8.99. The average Bonchev–Trinajstić information content (AvgIpc) is 2.46. The number of hydrogen-bond acceptors (Lipinski definition) is 2. The highest BCUT2D eigenvalue weighted by Gasteiger charge is 2.49. The zero-order valence-corrected chi connectivity index (χ0v) is 13.5. The van der Waals surface area contributed by atoms with Gasteiger partial charge in [-0.3, -0.25) is 0 Å². The van der Waals surface area contributed by atoms with Gasteiger partial charge in [0.05, 0.1) is 5.60 Å². The van der Waals surface area contributed by atoms with E-state index in [1.807, 2.05) is 0 Å². The third-order valence-electron chi connectivity index (χ3n) is 6.99. The minimum atomic E-state index is 0.0753. The molecule has 0 radical (unpaired) electrons. The Labute approximate surface area is 124 Å². The molecule has 4 unspecified atom stereocenters. The van der Waals surface area contributed by atoms with E-state index in [1.54, 1.807) is 0 Å². The van der Waals surface area contributed by atoms with Crippen molar-refractivity contribution in [3.63, 3.8) is 0 Å². The van der Waals surface area contributed by atoms with Crippen molar-refractivity contribution in [2.45, 2.75) is 89.2 Å². The Morgan fingerprint density at radius 1 is 0.950 bits per heavy atom. The molecule has 2 N–H and O–H groups in total. The van der Waals surface area contributed by atoms with Gasteiger partial charge >= 0.3 is 0 Å². The molecule has 0 aromatic rings. The molecule has 0 amide bonds. The summed E-state index contributed by atoms with van der Waals surface area (Å²) in [4.78, 5) is 0. The van der Waals surface area contributed by atoms with Gasteiger partial charge in [-0.25, -0.2) is 0 Å². The number of ether oxygens (including phenoxy) is 1. The molecule has 1 spiro atoms. The van der Waals surface area contributed by atoms with E-state index in [0.717, 1.165) is 12.5 Å². The molecule has 0 aromatic carbocycles. The Hall–Kier alpha value is -0.0800. The SMILES string of the molecule is CC1CCCC(N)(C2CCOC3(CCCCC3)C2)C1C. The standard InChI is InChI=1S/C18H33NO/c1-14-7-6-11-18(19,15(14)2)16-8-12-20-17(13-16)9-4-3-5-10-17/h14-16H,3-13,19H2,1-2H3.